The van der Waals surface area contributed by atoms with Gasteiger partial charge in [-0.05, 0) is 47.2 Å². The number of rotatable bonds is 3. The minimum Gasteiger partial charge on any atom is -0.326 e. The van der Waals surface area contributed by atoms with Gasteiger partial charge in [0.15, 0.2) is 0 Å². The number of halogens is 4. The van der Waals surface area contributed by atoms with Crippen LogP contribution in [0.3, 0.4) is 0 Å². The Morgan fingerprint density at radius 2 is 2.06 bits per heavy atom. The lowest BCUT2D eigenvalue weighted by Crippen LogP contribution is -2.16. The van der Waals surface area contributed by atoms with Crippen LogP contribution in [0.1, 0.15) is 25.3 Å². The van der Waals surface area contributed by atoms with Crippen LogP contribution >= 0.6 is 22.6 Å². The van der Waals surface area contributed by atoms with Gasteiger partial charge in [-0.15, -0.1) is 0 Å². The van der Waals surface area contributed by atoms with Gasteiger partial charge in [0.1, 0.15) is 0 Å². The summed E-state index contributed by atoms with van der Waals surface area (Å²) in [6, 6.07) is 3.82. The fraction of sp³-hybridized carbons (Fsp3) is 0.364. The highest BCUT2D eigenvalue weighted by Gasteiger charge is 2.34. The molecule has 0 saturated carbocycles. The fourth-order valence-corrected chi connectivity index (χ4v) is 1.79. The minimum absolute atomic E-state index is 0.184. The third kappa shape index (κ3) is 4.18. The van der Waals surface area contributed by atoms with Crippen molar-refractivity contribution in [2.24, 2.45) is 0 Å². The van der Waals surface area contributed by atoms with Crippen molar-refractivity contribution >= 4 is 34.2 Å². The van der Waals surface area contributed by atoms with E-state index in [1.807, 2.05) is 0 Å². The van der Waals surface area contributed by atoms with Crippen molar-refractivity contribution in [2.45, 2.75) is 25.9 Å². The molecule has 6 heteroatoms. The van der Waals surface area contributed by atoms with Crippen LogP contribution < -0.4 is 5.32 Å². The van der Waals surface area contributed by atoms with E-state index in [4.69, 9.17) is 0 Å². The van der Waals surface area contributed by atoms with E-state index in [1.165, 1.54) is 12.1 Å². The second-order valence-corrected chi connectivity index (χ2v) is 4.73. The average Bonchev–Trinajstić information content (AvgIpc) is 2.19. The second kappa shape index (κ2) is 5.70. The molecular formula is C11H11F3INO. The molecular weight excluding hydrogens is 346 g/mol. The number of hydrogen-bond acceptors (Lipinski definition) is 1. The van der Waals surface area contributed by atoms with Crippen LogP contribution in [0.15, 0.2) is 18.2 Å². The Kier molecular flexibility index (Phi) is 4.79. The van der Waals surface area contributed by atoms with Crippen LogP contribution in [0, 0.1) is 3.57 Å². The summed E-state index contributed by atoms with van der Waals surface area (Å²) in [5.41, 5.74) is -0.995. The lowest BCUT2D eigenvalue weighted by molar-refractivity contribution is -0.137. The molecule has 2 nitrogen and oxygen atoms in total. The van der Waals surface area contributed by atoms with Crippen molar-refractivity contribution in [2.75, 3.05) is 5.32 Å². The normalized spacial score (nSPS) is 11.4. The molecule has 1 amide bonds. The number of benzene rings is 1. The predicted molar refractivity (Wildman–Crippen MR) is 67.7 cm³/mol. The first-order valence-electron chi connectivity index (χ1n) is 5.01. The molecule has 1 aromatic rings. The quantitative estimate of drug-likeness (QED) is 0.813. The van der Waals surface area contributed by atoms with Crippen molar-refractivity contribution < 1.29 is 18.0 Å². The molecule has 0 atom stereocenters. The minimum atomic E-state index is -4.46. The fourth-order valence-electron chi connectivity index (χ4n) is 1.30. The van der Waals surface area contributed by atoms with E-state index in [9.17, 15) is 18.0 Å². The molecule has 1 aromatic carbocycles. The number of carbonyl (C=O) groups is 1. The van der Waals surface area contributed by atoms with Crippen LogP contribution in [0.2, 0.25) is 0 Å². The smallest absolute Gasteiger partial charge is 0.326 e. The van der Waals surface area contributed by atoms with Crippen LogP contribution in [-0.4, -0.2) is 5.91 Å². The first kappa shape index (κ1) is 14.3. The summed E-state index contributed by atoms with van der Waals surface area (Å²) in [5, 5.41) is 2.28. The molecule has 1 rings (SSSR count). The summed E-state index contributed by atoms with van der Waals surface area (Å²) >= 11 is 1.80. The highest BCUT2D eigenvalue weighted by Crippen LogP contribution is 2.35. The first-order chi connectivity index (χ1) is 7.84. The van der Waals surface area contributed by atoms with E-state index in [0.29, 0.717) is 9.99 Å². The Balaban J connectivity index is 3.03. The Morgan fingerprint density at radius 1 is 1.41 bits per heavy atom. The van der Waals surface area contributed by atoms with Crippen molar-refractivity contribution in [3.8, 4) is 0 Å². The van der Waals surface area contributed by atoms with Crippen molar-refractivity contribution in [3.63, 3.8) is 0 Å². The van der Waals surface area contributed by atoms with Crippen molar-refractivity contribution in [1.82, 2.24) is 0 Å². The van der Waals surface area contributed by atoms with Gasteiger partial charge in [-0.1, -0.05) is 6.92 Å². The largest absolute Gasteiger partial charge is 0.418 e. The number of hydrogen-bond donors (Lipinski definition) is 1. The highest BCUT2D eigenvalue weighted by atomic mass is 127. The van der Waals surface area contributed by atoms with Gasteiger partial charge in [-0.2, -0.15) is 13.2 Å². The molecule has 94 valence electrons. The summed E-state index contributed by atoms with van der Waals surface area (Å²) in [4.78, 5) is 11.3. The van der Waals surface area contributed by atoms with E-state index < -0.39 is 17.6 Å². The van der Waals surface area contributed by atoms with Gasteiger partial charge >= 0.3 is 6.18 Å². The van der Waals surface area contributed by atoms with Crippen molar-refractivity contribution in [3.05, 3.63) is 27.3 Å². The number of anilines is 1. The molecule has 0 aliphatic heterocycles. The van der Waals surface area contributed by atoms with E-state index >= 15 is 0 Å². The monoisotopic (exact) mass is 357 g/mol. The van der Waals surface area contributed by atoms with E-state index in [-0.39, 0.29) is 12.1 Å². The first-order valence-corrected chi connectivity index (χ1v) is 6.09. The molecule has 0 aliphatic rings. The number of nitrogens with one attached hydrogen (secondary N) is 1. The molecule has 1 N–H and O–H groups in total. The number of alkyl halides is 3. The summed E-state index contributed by atoms with van der Waals surface area (Å²) in [6.07, 6.45) is -3.66. The SMILES string of the molecule is CCCC(=O)Nc1ccc(I)cc1C(F)(F)F. The van der Waals surface area contributed by atoms with E-state index in [2.05, 4.69) is 5.32 Å². The average molecular weight is 357 g/mol. The molecule has 0 aromatic heterocycles. The van der Waals surface area contributed by atoms with Gasteiger partial charge in [0.2, 0.25) is 5.91 Å². The molecule has 0 fully saturated rings. The third-order valence-corrected chi connectivity index (χ3v) is 2.71. The van der Waals surface area contributed by atoms with Crippen LogP contribution in [0.4, 0.5) is 18.9 Å². The zero-order valence-corrected chi connectivity index (χ0v) is 11.2. The highest BCUT2D eigenvalue weighted by molar-refractivity contribution is 14.1. The Labute approximate surface area is 111 Å². The Bertz CT molecular complexity index is 418. The van der Waals surface area contributed by atoms with Gasteiger partial charge < -0.3 is 5.32 Å². The molecule has 0 radical (unpaired) electrons. The summed E-state index contributed by atoms with van der Waals surface area (Å²) in [6.45, 7) is 1.79. The third-order valence-electron chi connectivity index (χ3n) is 2.04. The van der Waals surface area contributed by atoms with Crippen LogP contribution in [0.5, 0.6) is 0 Å². The molecule has 0 saturated heterocycles. The maximum Gasteiger partial charge on any atom is 0.418 e. The predicted octanol–water partition coefficient (Wildman–Crippen LogP) is 4.05. The molecule has 0 aliphatic carbocycles. The summed E-state index contributed by atoms with van der Waals surface area (Å²) in [7, 11) is 0. The van der Waals surface area contributed by atoms with Gasteiger partial charge in [0.05, 0.1) is 11.3 Å². The maximum atomic E-state index is 12.7. The van der Waals surface area contributed by atoms with Gasteiger partial charge in [-0.25, -0.2) is 0 Å². The lowest BCUT2D eigenvalue weighted by atomic mass is 10.1. The Hall–Kier alpha value is -0.790. The topological polar surface area (TPSA) is 29.1 Å². The lowest BCUT2D eigenvalue weighted by Gasteiger charge is -2.14. The zero-order chi connectivity index (χ0) is 13.1. The molecule has 0 bridgehead atoms. The maximum absolute atomic E-state index is 12.7. The van der Waals surface area contributed by atoms with E-state index in [0.717, 1.165) is 6.07 Å². The summed E-state index contributed by atoms with van der Waals surface area (Å²) in [5.74, 6) is -0.404. The number of amides is 1. The molecule has 0 unspecified atom stereocenters. The van der Waals surface area contributed by atoms with Crippen molar-refractivity contribution in [1.29, 1.82) is 0 Å². The van der Waals surface area contributed by atoms with Gasteiger partial charge in [0.25, 0.3) is 0 Å². The Morgan fingerprint density at radius 3 is 2.59 bits per heavy atom. The van der Waals surface area contributed by atoms with E-state index in [1.54, 1.807) is 29.5 Å². The molecule has 0 heterocycles. The van der Waals surface area contributed by atoms with Crippen LogP contribution in [-0.2, 0) is 11.0 Å². The van der Waals surface area contributed by atoms with Gasteiger partial charge in [0, 0.05) is 9.99 Å². The number of carbonyl (C=O) groups excluding carboxylic acids is 1. The molecule has 0 spiro atoms. The summed E-state index contributed by atoms with van der Waals surface area (Å²) < 4.78 is 38.6. The zero-order valence-electron chi connectivity index (χ0n) is 9.07. The second-order valence-electron chi connectivity index (χ2n) is 3.49. The van der Waals surface area contributed by atoms with Gasteiger partial charge in [-0.3, -0.25) is 4.79 Å². The standard InChI is InChI=1S/C11H11F3INO/c1-2-3-10(17)16-9-5-4-7(15)6-8(9)11(12,13)14/h4-6H,2-3H2,1H3,(H,16,17). The van der Waals surface area contributed by atoms with Crippen LogP contribution in [0.25, 0.3) is 0 Å². The molecule has 17 heavy (non-hydrogen) atoms.